The highest BCUT2D eigenvalue weighted by atomic mass is 32.2. The fraction of sp³-hybridized carbons (Fsp3) is 0.538. The SMILES string of the molecule is CS(=O)(=O)N1CCCN(Cc2ccc(F)cc2)CC1. The molecular weight excluding hydrogens is 267 g/mol. The van der Waals surface area contributed by atoms with Gasteiger partial charge < -0.3 is 0 Å². The van der Waals surface area contributed by atoms with Gasteiger partial charge in [-0.1, -0.05) is 12.1 Å². The van der Waals surface area contributed by atoms with Gasteiger partial charge in [-0.3, -0.25) is 4.90 Å². The molecule has 0 aliphatic carbocycles. The van der Waals surface area contributed by atoms with Crippen LogP contribution < -0.4 is 0 Å². The van der Waals surface area contributed by atoms with Crippen LogP contribution in [-0.4, -0.2) is 50.1 Å². The highest BCUT2D eigenvalue weighted by molar-refractivity contribution is 7.88. The zero-order valence-corrected chi connectivity index (χ0v) is 11.9. The molecule has 4 nitrogen and oxygen atoms in total. The summed E-state index contributed by atoms with van der Waals surface area (Å²) in [5.74, 6) is -0.233. The lowest BCUT2D eigenvalue weighted by Crippen LogP contribution is -2.34. The van der Waals surface area contributed by atoms with Crippen molar-refractivity contribution in [2.24, 2.45) is 0 Å². The minimum absolute atomic E-state index is 0.233. The maximum Gasteiger partial charge on any atom is 0.211 e. The molecule has 0 bridgehead atoms. The molecule has 0 radical (unpaired) electrons. The number of benzene rings is 1. The van der Waals surface area contributed by atoms with Crippen molar-refractivity contribution < 1.29 is 12.8 Å². The Labute approximate surface area is 113 Å². The van der Waals surface area contributed by atoms with Crippen molar-refractivity contribution in [2.45, 2.75) is 13.0 Å². The molecule has 0 atom stereocenters. The molecule has 1 heterocycles. The molecule has 0 saturated carbocycles. The zero-order chi connectivity index (χ0) is 13.9. The molecule has 1 aliphatic rings. The first kappa shape index (κ1) is 14.4. The molecule has 6 heteroatoms. The van der Waals surface area contributed by atoms with Crippen LogP contribution in [0.15, 0.2) is 24.3 Å². The van der Waals surface area contributed by atoms with Crippen molar-refractivity contribution in [2.75, 3.05) is 32.4 Å². The molecule has 0 unspecified atom stereocenters. The average Bonchev–Trinajstić information content (AvgIpc) is 2.57. The number of halogens is 1. The van der Waals surface area contributed by atoms with Crippen molar-refractivity contribution in [3.05, 3.63) is 35.6 Å². The lowest BCUT2D eigenvalue weighted by atomic mass is 10.2. The Kier molecular flexibility index (Phi) is 4.54. The van der Waals surface area contributed by atoms with E-state index in [0.717, 1.165) is 25.1 Å². The summed E-state index contributed by atoms with van der Waals surface area (Å²) in [4.78, 5) is 2.21. The molecule has 1 fully saturated rings. The topological polar surface area (TPSA) is 40.6 Å². The minimum atomic E-state index is -3.09. The number of sulfonamides is 1. The first-order valence-electron chi connectivity index (χ1n) is 6.37. The summed E-state index contributed by atoms with van der Waals surface area (Å²) >= 11 is 0. The summed E-state index contributed by atoms with van der Waals surface area (Å²) < 4.78 is 37.4. The second-order valence-corrected chi connectivity index (χ2v) is 6.90. The number of nitrogens with zero attached hydrogens (tertiary/aromatic N) is 2. The molecule has 19 heavy (non-hydrogen) atoms. The molecule has 0 spiro atoms. The summed E-state index contributed by atoms with van der Waals surface area (Å²) in [5, 5.41) is 0. The van der Waals surface area contributed by atoms with Crippen LogP contribution in [-0.2, 0) is 16.6 Å². The van der Waals surface area contributed by atoms with Crippen LogP contribution in [0.5, 0.6) is 0 Å². The summed E-state index contributed by atoms with van der Waals surface area (Å²) in [5.41, 5.74) is 1.05. The monoisotopic (exact) mass is 286 g/mol. The van der Waals surface area contributed by atoms with Crippen LogP contribution in [0.3, 0.4) is 0 Å². The second kappa shape index (κ2) is 5.98. The van der Waals surface area contributed by atoms with Crippen LogP contribution in [0.4, 0.5) is 4.39 Å². The zero-order valence-electron chi connectivity index (χ0n) is 11.0. The molecule has 0 N–H and O–H groups in total. The summed E-state index contributed by atoms with van der Waals surface area (Å²) in [7, 11) is -3.09. The average molecular weight is 286 g/mol. The van der Waals surface area contributed by atoms with E-state index in [-0.39, 0.29) is 5.82 Å². The van der Waals surface area contributed by atoms with Gasteiger partial charge in [0.1, 0.15) is 5.82 Å². The van der Waals surface area contributed by atoms with Crippen LogP contribution in [0, 0.1) is 5.82 Å². The first-order valence-corrected chi connectivity index (χ1v) is 8.22. The van der Waals surface area contributed by atoms with Crippen LogP contribution in [0.2, 0.25) is 0 Å². The highest BCUT2D eigenvalue weighted by Crippen LogP contribution is 2.11. The van der Waals surface area contributed by atoms with Gasteiger partial charge >= 0.3 is 0 Å². The van der Waals surface area contributed by atoms with E-state index >= 15 is 0 Å². The molecule has 0 aromatic heterocycles. The first-order chi connectivity index (χ1) is 8.95. The van der Waals surface area contributed by atoms with Gasteiger partial charge in [0.05, 0.1) is 6.26 Å². The molecule has 0 amide bonds. The molecule has 1 aromatic carbocycles. The Morgan fingerprint density at radius 3 is 2.42 bits per heavy atom. The summed E-state index contributed by atoms with van der Waals surface area (Å²) in [6.45, 7) is 3.42. The minimum Gasteiger partial charge on any atom is -0.298 e. The lowest BCUT2D eigenvalue weighted by Gasteiger charge is -2.20. The summed E-state index contributed by atoms with van der Waals surface area (Å²) in [6.07, 6.45) is 2.08. The Morgan fingerprint density at radius 2 is 1.79 bits per heavy atom. The van der Waals surface area contributed by atoms with Gasteiger partial charge in [-0.25, -0.2) is 17.1 Å². The van der Waals surface area contributed by atoms with E-state index in [1.165, 1.54) is 22.7 Å². The van der Waals surface area contributed by atoms with Gasteiger partial charge in [-0.15, -0.1) is 0 Å². The van der Waals surface area contributed by atoms with Gasteiger partial charge in [0, 0.05) is 26.2 Å². The molecule has 2 rings (SSSR count). The van der Waals surface area contributed by atoms with E-state index in [1.807, 2.05) is 0 Å². The van der Waals surface area contributed by atoms with Crippen molar-refractivity contribution in [1.29, 1.82) is 0 Å². The Morgan fingerprint density at radius 1 is 1.11 bits per heavy atom. The van der Waals surface area contributed by atoms with E-state index in [4.69, 9.17) is 0 Å². The van der Waals surface area contributed by atoms with E-state index < -0.39 is 10.0 Å². The largest absolute Gasteiger partial charge is 0.298 e. The number of hydrogen-bond acceptors (Lipinski definition) is 3. The molecule has 1 saturated heterocycles. The third kappa shape index (κ3) is 4.26. The van der Waals surface area contributed by atoms with Crippen LogP contribution in [0.1, 0.15) is 12.0 Å². The third-order valence-corrected chi connectivity index (χ3v) is 4.64. The van der Waals surface area contributed by atoms with Gasteiger partial charge in [0.15, 0.2) is 0 Å². The van der Waals surface area contributed by atoms with Crippen LogP contribution in [0.25, 0.3) is 0 Å². The third-order valence-electron chi connectivity index (χ3n) is 3.34. The van der Waals surface area contributed by atoms with E-state index in [2.05, 4.69) is 4.90 Å². The maximum atomic E-state index is 12.8. The van der Waals surface area contributed by atoms with Gasteiger partial charge in [0.2, 0.25) is 10.0 Å². The van der Waals surface area contributed by atoms with Gasteiger partial charge in [-0.05, 0) is 30.7 Å². The lowest BCUT2D eigenvalue weighted by molar-refractivity contribution is 0.278. The van der Waals surface area contributed by atoms with Crippen LogP contribution >= 0.6 is 0 Å². The Hall–Kier alpha value is -0.980. The molecule has 1 aliphatic heterocycles. The van der Waals surface area contributed by atoms with Crippen molar-refractivity contribution >= 4 is 10.0 Å². The number of hydrogen-bond donors (Lipinski definition) is 0. The number of rotatable bonds is 3. The predicted molar refractivity (Wildman–Crippen MR) is 72.7 cm³/mol. The van der Waals surface area contributed by atoms with Gasteiger partial charge in [-0.2, -0.15) is 0 Å². The van der Waals surface area contributed by atoms with Crippen molar-refractivity contribution in [3.63, 3.8) is 0 Å². The van der Waals surface area contributed by atoms with E-state index in [1.54, 1.807) is 12.1 Å². The predicted octanol–water partition coefficient (Wildman–Crippen LogP) is 1.29. The normalized spacial score (nSPS) is 19.3. The fourth-order valence-corrected chi connectivity index (χ4v) is 3.16. The Balaban J connectivity index is 1.94. The van der Waals surface area contributed by atoms with E-state index in [9.17, 15) is 12.8 Å². The summed E-state index contributed by atoms with van der Waals surface area (Å²) in [6, 6.07) is 6.45. The fourth-order valence-electron chi connectivity index (χ4n) is 2.29. The second-order valence-electron chi connectivity index (χ2n) is 4.92. The molecule has 1 aromatic rings. The van der Waals surface area contributed by atoms with Gasteiger partial charge in [0.25, 0.3) is 0 Å². The highest BCUT2D eigenvalue weighted by Gasteiger charge is 2.21. The van der Waals surface area contributed by atoms with Crippen molar-refractivity contribution in [1.82, 2.24) is 9.21 Å². The Bertz CT molecular complexity index is 516. The molecule has 106 valence electrons. The smallest absolute Gasteiger partial charge is 0.211 e. The quantitative estimate of drug-likeness (QED) is 0.841. The molecular formula is C13H19FN2O2S. The standard InChI is InChI=1S/C13H19FN2O2S/c1-19(17,18)16-8-2-7-15(9-10-16)11-12-3-5-13(14)6-4-12/h3-6H,2,7-11H2,1H3. The maximum absolute atomic E-state index is 12.8. The van der Waals surface area contributed by atoms with Crippen molar-refractivity contribution in [3.8, 4) is 0 Å². The van der Waals surface area contributed by atoms with E-state index in [0.29, 0.717) is 19.6 Å².